The fraction of sp³-hybridized carbons (Fsp3) is 1.00. The van der Waals surface area contributed by atoms with Gasteiger partial charge in [0.25, 0.3) is 0 Å². The standard InChI is InChI=1S/C10H25NSi.C7H19NSi/c1-6-11(7-2)12(8-3,9-4)10-5;1-6-8(7-2)9(3,4)5/h6-10H2,1-5H3;6-7H2,1-5H3. The summed E-state index contributed by atoms with van der Waals surface area (Å²) >= 11 is 0. The van der Waals surface area contributed by atoms with E-state index in [4.69, 9.17) is 0 Å². The van der Waals surface area contributed by atoms with Crippen LogP contribution in [0, 0.1) is 0 Å². The Balaban J connectivity index is 0. The molecular formula is C17H44N2Si2. The molecule has 0 radical (unpaired) electrons. The Bertz CT molecular complexity index is 219. The highest BCUT2D eigenvalue weighted by atomic mass is 28.3. The van der Waals surface area contributed by atoms with E-state index in [2.05, 4.69) is 77.2 Å². The lowest BCUT2D eigenvalue weighted by Crippen LogP contribution is -2.51. The van der Waals surface area contributed by atoms with E-state index in [0.717, 1.165) is 0 Å². The van der Waals surface area contributed by atoms with Gasteiger partial charge in [-0.05, 0) is 44.3 Å². The second-order valence-corrected chi connectivity index (χ2v) is 17.0. The predicted molar refractivity (Wildman–Crippen MR) is 106 cm³/mol. The van der Waals surface area contributed by atoms with Crippen LogP contribution in [-0.2, 0) is 0 Å². The summed E-state index contributed by atoms with van der Waals surface area (Å²) in [5, 5.41) is 0. The first kappa shape index (κ1) is 23.6. The van der Waals surface area contributed by atoms with Crippen molar-refractivity contribution in [2.24, 2.45) is 0 Å². The number of rotatable bonds is 9. The van der Waals surface area contributed by atoms with Crippen LogP contribution in [0.5, 0.6) is 0 Å². The quantitative estimate of drug-likeness (QED) is 0.515. The van der Waals surface area contributed by atoms with Crippen molar-refractivity contribution >= 4 is 16.5 Å². The molecule has 0 bridgehead atoms. The maximum atomic E-state index is 2.74. The maximum absolute atomic E-state index is 2.74. The molecule has 0 heterocycles. The van der Waals surface area contributed by atoms with Gasteiger partial charge < -0.3 is 9.13 Å². The van der Waals surface area contributed by atoms with Gasteiger partial charge in [0.15, 0.2) is 0 Å². The Morgan fingerprint density at radius 2 is 0.810 bits per heavy atom. The van der Waals surface area contributed by atoms with Gasteiger partial charge in [0.05, 0.1) is 0 Å². The number of nitrogens with zero attached hydrogens (tertiary/aromatic N) is 2. The zero-order chi connectivity index (χ0) is 17.1. The molecule has 0 aromatic carbocycles. The highest BCUT2D eigenvalue weighted by molar-refractivity contribution is 6.77. The first-order valence-electron chi connectivity index (χ1n) is 9.22. The van der Waals surface area contributed by atoms with Crippen LogP contribution in [0.15, 0.2) is 0 Å². The second kappa shape index (κ2) is 11.9. The van der Waals surface area contributed by atoms with E-state index in [1.807, 2.05) is 0 Å². The Labute approximate surface area is 138 Å². The molecule has 0 saturated carbocycles. The Morgan fingerprint density at radius 1 is 0.524 bits per heavy atom. The van der Waals surface area contributed by atoms with Gasteiger partial charge in [0.1, 0.15) is 16.5 Å². The minimum Gasteiger partial charge on any atom is -0.324 e. The monoisotopic (exact) mass is 332 g/mol. The molecule has 4 heteroatoms. The van der Waals surface area contributed by atoms with Crippen molar-refractivity contribution < 1.29 is 0 Å². The first-order chi connectivity index (χ1) is 9.72. The summed E-state index contributed by atoms with van der Waals surface area (Å²) in [7, 11) is -1.97. The van der Waals surface area contributed by atoms with E-state index < -0.39 is 16.5 Å². The molecule has 0 unspecified atom stereocenters. The summed E-state index contributed by atoms with van der Waals surface area (Å²) in [5.41, 5.74) is 0. The van der Waals surface area contributed by atoms with E-state index in [1.165, 1.54) is 44.3 Å². The molecule has 0 amide bonds. The topological polar surface area (TPSA) is 6.48 Å². The summed E-state index contributed by atoms with van der Waals surface area (Å²) < 4.78 is 5.32. The van der Waals surface area contributed by atoms with Crippen LogP contribution in [-0.4, -0.2) is 51.8 Å². The molecule has 0 spiro atoms. The molecule has 0 aliphatic carbocycles. The Hall–Kier alpha value is 0.354. The van der Waals surface area contributed by atoms with Crippen LogP contribution < -0.4 is 0 Å². The zero-order valence-corrected chi connectivity index (χ0v) is 18.8. The van der Waals surface area contributed by atoms with E-state index in [-0.39, 0.29) is 0 Å². The molecule has 0 atom stereocenters. The summed E-state index contributed by atoms with van der Waals surface area (Å²) in [6.07, 6.45) is 0. The number of hydrogen-bond acceptors (Lipinski definition) is 2. The fourth-order valence-electron chi connectivity index (χ4n) is 3.49. The van der Waals surface area contributed by atoms with Crippen molar-refractivity contribution in [2.45, 2.75) is 86.2 Å². The average Bonchev–Trinajstić information content (AvgIpc) is 2.45. The molecule has 0 aliphatic rings. The predicted octanol–water partition coefficient (Wildman–Crippen LogP) is 5.50. The van der Waals surface area contributed by atoms with E-state index in [0.29, 0.717) is 0 Å². The minimum atomic E-state index is -1.01. The molecule has 2 nitrogen and oxygen atoms in total. The minimum absolute atomic E-state index is 0.953. The average molecular weight is 333 g/mol. The van der Waals surface area contributed by atoms with Gasteiger partial charge in [-0.15, -0.1) is 0 Å². The third kappa shape index (κ3) is 7.96. The summed E-state index contributed by atoms with van der Waals surface area (Å²) in [6.45, 7) is 28.3. The molecule has 130 valence electrons. The molecule has 0 aromatic rings. The van der Waals surface area contributed by atoms with E-state index >= 15 is 0 Å². The molecule has 0 N–H and O–H groups in total. The first-order valence-corrected chi connectivity index (χ1v) is 15.2. The van der Waals surface area contributed by atoms with Gasteiger partial charge in [-0.1, -0.05) is 68.1 Å². The lowest BCUT2D eigenvalue weighted by molar-refractivity contribution is 0.456. The van der Waals surface area contributed by atoms with Crippen LogP contribution in [0.4, 0.5) is 0 Å². The van der Waals surface area contributed by atoms with Crippen molar-refractivity contribution in [2.75, 3.05) is 26.2 Å². The third-order valence-electron chi connectivity index (χ3n) is 5.12. The van der Waals surface area contributed by atoms with Crippen molar-refractivity contribution in [1.29, 1.82) is 0 Å². The van der Waals surface area contributed by atoms with Gasteiger partial charge in [-0.3, -0.25) is 0 Å². The molecule has 0 rings (SSSR count). The third-order valence-corrected chi connectivity index (χ3v) is 13.6. The number of hydrogen-bond donors (Lipinski definition) is 0. The SMILES string of the molecule is CCN(CC)[Si](C)(C)C.CCN(CC)[Si](CC)(CC)CC. The van der Waals surface area contributed by atoms with Gasteiger partial charge in [-0.2, -0.15) is 0 Å². The Morgan fingerprint density at radius 3 is 0.857 bits per heavy atom. The largest absolute Gasteiger partial charge is 0.324 e. The van der Waals surface area contributed by atoms with E-state index in [9.17, 15) is 0 Å². The highest BCUT2D eigenvalue weighted by Gasteiger charge is 2.32. The van der Waals surface area contributed by atoms with Gasteiger partial charge in [0.2, 0.25) is 0 Å². The van der Waals surface area contributed by atoms with Gasteiger partial charge in [0, 0.05) is 0 Å². The van der Waals surface area contributed by atoms with Crippen molar-refractivity contribution in [3.63, 3.8) is 0 Å². The van der Waals surface area contributed by atoms with Gasteiger partial charge in [-0.25, -0.2) is 0 Å². The molecule has 0 saturated heterocycles. The second-order valence-electron chi connectivity index (χ2n) is 6.80. The van der Waals surface area contributed by atoms with Crippen LogP contribution in [0.1, 0.15) is 48.5 Å². The summed E-state index contributed by atoms with van der Waals surface area (Å²) in [4.78, 5) is 0. The van der Waals surface area contributed by atoms with Crippen LogP contribution >= 0.6 is 0 Å². The van der Waals surface area contributed by atoms with Gasteiger partial charge >= 0.3 is 0 Å². The van der Waals surface area contributed by atoms with Crippen LogP contribution in [0.3, 0.4) is 0 Å². The smallest absolute Gasteiger partial charge is 0.127 e. The molecule has 21 heavy (non-hydrogen) atoms. The van der Waals surface area contributed by atoms with Crippen molar-refractivity contribution in [3.05, 3.63) is 0 Å². The van der Waals surface area contributed by atoms with Crippen molar-refractivity contribution in [1.82, 2.24) is 9.13 Å². The lowest BCUT2D eigenvalue weighted by atomic mass is 10.7. The van der Waals surface area contributed by atoms with E-state index in [1.54, 1.807) is 0 Å². The van der Waals surface area contributed by atoms with Crippen LogP contribution in [0.25, 0.3) is 0 Å². The van der Waals surface area contributed by atoms with Crippen molar-refractivity contribution in [3.8, 4) is 0 Å². The highest BCUT2D eigenvalue weighted by Crippen LogP contribution is 2.24. The Kier molecular flexibility index (Phi) is 13.3. The normalized spacial score (nSPS) is 12.6. The lowest BCUT2D eigenvalue weighted by Gasteiger charge is -2.39. The molecule has 0 aliphatic heterocycles. The molecule has 0 fully saturated rings. The zero-order valence-electron chi connectivity index (χ0n) is 16.8. The maximum Gasteiger partial charge on any atom is 0.127 e. The van der Waals surface area contributed by atoms with Crippen LogP contribution in [0.2, 0.25) is 37.8 Å². The summed E-state index contributed by atoms with van der Waals surface area (Å²) in [6, 6.07) is 4.26. The molecular weight excluding hydrogens is 288 g/mol. The molecule has 0 aromatic heterocycles. The fourth-order valence-corrected chi connectivity index (χ4v) is 9.57. The summed E-state index contributed by atoms with van der Waals surface area (Å²) in [5.74, 6) is 0.